The van der Waals surface area contributed by atoms with Gasteiger partial charge in [-0.05, 0) is 44.0 Å². The van der Waals surface area contributed by atoms with E-state index in [0.717, 1.165) is 25.9 Å². The van der Waals surface area contributed by atoms with Gasteiger partial charge in [0.25, 0.3) is 0 Å². The average molecular weight is 294 g/mol. The Morgan fingerprint density at radius 3 is 2.67 bits per heavy atom. The van der Waals surface area contributed by atoms with Crippen molar-refractivity contribution < 1.29 is 14.3 Å². The Balaban J connectivity index is 1.89. The second-order valence-electron chi connectivity index (χ2n) is 6.06. The van der Waals surface area contributed by atoms with E-state index in [4.69, 9.17) is 4.42 Å². The molecule has 1 aliphatic rings. The molecule has 2 N–H and O–H groups in total. The molecule has 1 aromatic rings. The molecular weight excluding hydrogens is 268 g/mol. The van der Waals surface area contributed by atoms with Gasteiger partial charge in [-0.15, -0.1) is 0 Å². The Hall–Kier alpha value is -1.33. The van der Waals surface area contributed by atoms with E-state index < -0.39 is 6.10 Å². The molecule has 1 fully saturated rings. The van der Waals surface area contributed by atoms with Crippen LogP contribution in [0, 0.1) is 5.92 Å². The largest absolute Gasteiger partial charge is 0.467 e. The molecule has 2 atom stereocenters. The Kier molecular flexibility index (Phi) is 5.82. The van der Waals surface area contributed by atoms with E-state index in [1.165, 1.54) is 12.7 Å². The molecule has 0 radical (unpaired) electrons. The summed E-state index contributed by atoms with van der Waals surface area (Å²) in [6.45, 7) is 6.29. The third-order valence-electron chi connectivity index (χ3n) is 4.03. The number of piperidine rings is 1. The number of carbonyl (C=O) groups excluding carboxylic acids is 1. The van der Waals surface area contributed by atoms with Crippen molar-refractivity contribution in [3.05, 3.63) is 24.2 Å². The molecule has 2 rings (SSSR count). The maximum atomic E-state index is 12.5. The lowest BCUT2D eigenvalue weighted by atomic mass is 9.98. The van der Waals surface area contributed by atoms with Crippen LogP contribution in [0.2, 0.25) is 0 Å². The molecule has 2 heterocycles. The third-order valence-corrected chi connectivity index (χ3v) is 4.03. The van der Waals surface area contributed by atoms with Gasteiger partial charge in [0.1, 0.15) is 11.9 Å². The molecule has 2 unspecified atom stereocenters. The standard InChI is InChI=1S/C16H26N2O3/c1-12(2)15(18-8-4-3-5-9-18)16(20)17-11-13(19)14-7-6-10-21-14/h6-7,10,12-13,15,19H,3-5,8-9,11H2,1-2H3,(H,17,20). The van der Waals surface area contributed by atoms with Crippen LogP contribution in [0.3, 0.4) is 0 Å². The molecule has 0 bridgehead atoms. The number of hydrogen-bond acceptors (Lipinski definition) is 4. The lowest BCUT2D eigenvalue weighted by molar-refractivity contribution is -0.129. The van der Waals surface area contributed by atoms with Crippen molar-refractivity contribution in [3.8, 4) is 0 Å². The number of nitrogens with one attached hydrogen (secondary N) is 1. The van der Waals surface area contributed by atoms with Crippen LogP contribution in [0.4, 0.5) is 0 Å². The number of aliphatic hydroxyl groups is 1. The molecule has 0 spiro atoms. The maximum Gasteiger partial charge on any atom is 0.237 e. The second kappa shape index (κ2) is 7.61. The van der Waals surface area contributed by atoms with Crippen LogP contribution in [0.25, 0.3) is 0 Å². The van der Waals surface area contributed by atoms with Gasteiger partial charge in [-0.25, -0.2) is 0 Å². The summed E-state index contributed by atoms with van der Waals surface area (Å²) in [6, 6.07) is 3.32. The lowest BCUT2D eigenvalue weighted by Gasteiger charge is -2.36. The molecule has 21 heavy (non-hydrogen) atoms. The van der Waals surface area contributed by atoms with E-state index in [9.17, 15) is 9.90 Å². The first-order valence-corrected chi connectivity index (χ1v) is 7.83. The summed E-state index contributed by atoms with van der Waals surface area (Å²) in [5.41, 5.74) is 0. The molecule has 1 amide bonds. The number of rotatable bonds is 6. The van der Waals surface area contributed by atoms with Crippen molar-refractivity contribution in [2.75, 3.05) is 19.6 Å². The van der Waals surface area contributed by atoms with Gasteiger partial charge in [-0.2, -0.15) is 0 Å². The van der Waals surface area contributed by atoms with Crippen LogP contribution >= 0.6 is 0 Å². The molecular formula is C16H26N2O3. The number of aliphatic hydroxyl groups excluding tert-OH is 1. The highest BCUT2D eigenvalue weighted by Crippen LogP contribution is 2.18. The summed E-state index contributed by atoms with van der Waals surface area (Å²) >= 11 is 0. The van der Waals surface area contributed by atoms with Crippen LogP contribution in [0.5, 0.6) is 0 Å². The van der Waals surface area contributed by atoms with Crippen molar-refractivity contribution in [2.45, 2.75) is 45.3 Å². The quantitative estimate of drug-likeness (QED) is 0.841. The van der Waals surface area contributed by atoms with Crippen molar-refractivity contribution in [2.24, 2.45) is 5.92 Å². The minimum atomic E-state index is -0.793. The van der Waals surface area contributed by atoms with Crippen LogP contribution in [0.1, 0.15) is 45.0 Å². The van der Waals surface area contributed by atoms with E-state index in [1.54, 1.807) is 12.1 Å². The summed E-state index contributed by atoms with van der Waals surface area (Å²) in [7, 11) is 0. The zero-order valence-electron chi connectivity index (χ0n) is 12.9. The summed E-state index contributed by atoms with van der Waals surface area (Å²) < 4.78 is 5.14. The van der Waals surface area contributed by atoms with Crippen LogP contribution in [-0.2, 0) is 4.79 Å². The van der Waals surface area contributed by atoms with E-state index >= 15 is 0 Å². The fourth-order valence-corrected chi connectivity index (χ4v) is 2.97. The number of likely N-dealkylation sites (tertiary alicyclic amines) is 1. The van der Waals surface area contributed by atoms with E-state index in [2.05, 4.69) is 24.1 Å². The van der Waals surface area contributed by atoms with Crippen molar-refractivity contribution >= 4 is 5.91 Å². The fraction of sp³-hybridized carbons (Fsp3) is 0.688. The smallest absolute Gasteiger partial charge is 0.237 e. The van der Waals surface area contributed by atoms with E-state index in [0.29, 0.717) is 5.76 Å². The van der Waals surface area contributed by atoms with E-state index in [-0.39, 0.29) is 24.4 Å². The average Bonchev–Trinajstić information content (AvgIpc) is 3.00. The van der Waals surface area contributed by atoms with Gasteiger partial charge in [0.2, 0.25) is 5.91 Å². The summed E-state index contributed by atoms with van der Waals surface area (Å²) in [4.78, 5) is 14.7. The topological polar surface area (TPSA) is 65.7 Å². The summed E-state index contributed by atoms with van der Waals surface area (Å²) in [5, 5.41) is 12.8. The zero-order valence-corrected chi connectivity index (χ0v) is 12.9. The molecule has 0 aliphatic carbocycles. The van der Waals surface area contributed by atoms with Gasteiger partial charge in [0.05, 0.1) is 18.8 Å². The Morgan fingerprint density at radius 1 is 1.38 bits per heavy atom. The molecule has 0 aromatic carbocycles. The number of amides is 1. The minimum Gasteiger partial charge on any atom is -0.467 e. The number of nitrogens with zero attached hydrogens (tertiary/aromatic N) is 1. The Labute approximate surface area is 126 Å². The van der Waals surface area contributed by atoms with Crippen LogP contribution < -0.4 is 5.32 Å². The molecule has 5 nitrogen and oxygen atoms in total. The van der Waals surface area contributed by atoms with Crippen molar-refractivity contribution in [3.63, 3.8) is 0 Å². The van der Waals surface area contributed by atoms with Crippen LogP contribution in [0.15, 0.2) is 22.8 Å². The van der Waals surface area contributed by atoms with Gasteiger partial charge in [0, 0.05) is 0 Å². The predicted molar refractivity (Wildman–Crippen MR) is 80.7 cm³/mol. The van der Waals surface area contributed by atoms with Crippen molar-refractivity contribution in [1.29, 1.82) is 0 Å². The van der Waals surface area contributed by atoms with E-state index in [1.807, 2.05) is 0 Å². The highest BCUT2D eigenvalue weighted by molar-refractivity contribution is 5.82. The normalized spacial score (nSPS) is 19.4. The minimum absolute atomic E-state index is 0.00231. The van der Waals surface area contributed by atoms with Crippen LogP contribution in [-0.4, -0.2) is 41.6 Å². The Morgan fingerprint density at radius 2 is 2.10 bits per heavy atom. The first kappa shape index (κ1) is 16.0. The maximum absolute atomic E-state index is 12.5. The molecule has 0 saturated carbocycles. The first-order valence-electron chi connectivity index (χ1n) is 7.83. The highest BCUT2D eigenvalue weighted by Gasteiger charge is 2.30. The van der Waals surface area contributed by atoms with Crippen molar-refractivity contribution in [1.82, 2.24) is 10.2 Å². The zero-order chi connectivity index (χ0) is 15.2. The predicted octanol–water partition coefficient (Wildman–Crippen LogP) is 1.94. The lowest BCUT2D eigenvalue weighted by Crippen LogP contribution is -2.52. The molecule has 5 heteroatoms. The first-order chi connectivity index (χ1) is 10.1. The van der Waals surface area contributed by atoms with Gasteiger partial charge >= 0.3 is 0 Å². The van der Waals surface area contributed by atoms with Gasteiger partial charge < -0.3 is 14.8 Å². The molecule has 1 saturated heterocycles. The third kappa shape index (κ3) is 4.32. The van der Waals surface area contributed by atoms with Gasteiger partial charge in [-0.1, -0.05) is 20.3 Å². The molecule has 118 valence electrons. The summed E-state index contributed by atoms with van der Waals surface area (Å²) in [6.07, 6.45) is 4.29. The molecule has 1 aromatic heterocycles. The number of furan rings is 1. The number of carbonyl (C=O) groups is 1. The highest BCUT2D eigenvalue weighted by atomic mass is 16.4. The monoisotopic (exact) mass is 294 g/mol. The van der Waals surface area contributed by atoms with Gasteiger partial charge in [0.15, 0.2) is 0 Å². The summed E-state index contributed by atoms with van der Waals surface area (Å²) in [5.74, 6) is 0.732. The second-order valence-corrected chi connectivity index (χ2v) is 6.06. The molecule has 1 aliphatic heterocycles. The SMILES string of the molecule is CC(C)C(C(=O)NCC(O)c1ccco1)N1CCCCC1. The number of hydrogen-bond donors (Lipinski definition) is 2. The Bertz CT molecular complexity index is 425. The van der Waals surface area contributed by atoms with Gasteiger partial charge in [-0.3, -0.25) is 9.69 Å². The fourth-order valence-electron chi connectivity index (χ4n) is 2.97.